The van der Waals surface area contributed by atoms with Gasteiger partial charge in [0.2, 0.25) is 0 Å². The number of piperazine rings is 1. The van der Waals surface area contributed by atoms with E-state index >= 15 is 0 Å². The predicted molar refractivity (Wildman–Crippen MR) is 161 cm³/mol. The van der Waals surface area contributed by atoms with E-state index in [1.54, 1.807) is 53.4 Å². The van der Waals surface area contributed by atoms with Crippen LogP contribution in [-0.2, 0) is 18.9 Å². The van der Waals surface area contributed by atoms with E-state index in [1.165, 1.54) is 25.8 Å². The minimum atomic E-state index is -1.06. The van der Waals surface area contributed by atoms with Crippen molar-refractivity contribution in [2.45, 2.75) is 151 Å². The number of hydrogen-bond acceptors (Lipinski definition) is 9. The minimum absolute atomic E-state index is 0.0187. The topological polar surface area (TPSA) is 115 Å². The third-order valence-corrected chi connectivity index (χ3v) is 5.00. The van der Waals surface area contributed by atoms with Gasteiger partial charge in [-0.15, -0.1) is 0 Å². The van der Waals surface area contributed by atoms with Crippen molar-refractivity contribution < 1.29 is 34.7 Å². The zero-order valence-electron chi connectivity index (χ0n) is 29.0. The van der Waals surface area contributed by atoms with Gasteiger partial charge in [0, 0.05) is 32.1 Å². The van der Waals surface area contributed by atoms with Crippen LogP contribution in [0.25, 0.3) is 0 Å². The summed E-state index contributed by atoms with van der Waals surface area (Å²) in [7, 11) is 0. The lowest BCUT2D eigenvalue weighted by Crippen LogP contribution is -2.58. The number of piperidine rings is 1. The molecule has 0 bridgehead atoms. The van der Waals surface area contributed by atoms with Gasteiger partial charge in [-0.1, -0.05) is 20.2 Å². The number of ether oxygens (including phenoxy) is 4. The Kier molecular flexibility index (Phi) is 16.1. The molecule has 0 aromatic rings. The Morgan fingerprint density at radius 2 is 1.15 bits per heavy atom. The van der Waals surface area contributed by atoms with E-state index in [0.29, 0.717) is 19.0 Å². The molecule has 1 amide bonds. The van der Waals surface area contributed by atoms with Crippen LogP contribution >= 0.6 is 0 Å². The summed E-state index contributed by atoms with van der Waals surface area (Å²) in [6.45, 7) is 30.1. The normalized spacial score (nSPS) is 18.4. The van der Waals surface area contributed by atoms with E-state index in [1.807, 2.05) is 20.8 Å². The average Bonchev–Trinajstić information content (AvgIpc) is 2.70. The maximum absolute atomic E-state index is 11.8. The third kappa shape index (κ3) is 23.8. The lowest BCUT2D eigenvalue weighted by Gasteiger charge is -2.39. The Morgan fingerprint density at radius 3 is 1.45 bits per heavy atom. The van der Waals surface area contributed by atoms with Gasteiger partial charge in [-0.25, -0.2) is 14.4 Å². The quantitative estimate of drug-likeness (QED) is 0.178. The second-order valence-electron chi connectivity index (χ2n) is 14.0. The molecule has 40 heavy (non-hydrogen) atoms. The van der Waals surface area contributed by atoms with Crippen LogP contribution in [0.15, 0.2) is 0 Å². The van der Waals surface area contributed by atoms with Gasteiger partial charge >= 0.3 is 18.4 Å². The number of hydrogen-bond donors (Lipinski definition) is 2. The number of carbonyl (C=O) groups is 3. The Bertz CT molecular complexity index is 748. The largest absolute Gasteiger partial charge is 0.519 e. The zero-order valence-corrected chi connectivity index (χ0v) is 28.0. The summed E-state index contributed by atoms with van der Waals surface area (Å²) >= 11 is 0. The average molecular weight is 577 g/mol. The molecular weight excluding hydrogens is 514 g/mol. The molecule has 238 valence electrons. The zero-order chi connectivity index (χ0) is 32.7. The highest BCUT2D eigenvalue weighted by molar-refractivity contribution is 5.77. The fourth-order valence-corrected chi connectivity index (χ4v) is 3.44. The van der Waals surface area contributed by atoms with E-state index in [0.717, 1.165) is 13.1 Å². The van der Waals surface area contributed by atoms with Gasteiger partial charge in [-0.05, 0) is 109 Å². The van der Waals surface area contributed by atoms with Crippen molar-refractivity contribution in [2.75, 3.05) is 26.2 Å². The molecule has 2 N–H and O–H groups in total. The fourth-order valence-electron chi connectivity index (χ4n) is 3.44. The van der Waals surface area contributed by atoms with E-state index in [4.69, 9.17) is 15.6 Å². The number of rotatable bonds is 0. The van der Waals surface area contributed by atoms with Gasteiger partial charge in [0.25, 0.3) is 0 Å². The van der Waals surface area contributed by atoms with Crippen molar-refractivity contribution in [3.05, 3.63) is 0 Å². The molecular formula is C30H61N3O7. The summed E-state index contributed by atoms with van der Waals surface area (Å²) in [5.74, 6) is 0. The highest BCUT2D eigenvalue weighted by Gasteiger charge is 2.31. The molecule has 2 saturated heterocycles. The first kappa shape index (κ1) is 37.9. The number of amides is 1. The van der Waals surface area contributed by atoms with Crippen molar-refractivity contribution in [3.8, 4) is 0 Å². The van der Waals surface area contributed by atoms with Gasteiger partial charge in [-0.2, -0.15) is 0 Å². The highest BCUT2D eigenvalue weighted by atomic mass is 16.8. The predicted octanol–water partition coefficient (Wildman–Crippen LogP) is 7.04. The highest BCUT2D eigenvalue weighted by Crippen LogP contribution is 2.17. The molecule has 2 fully saturated rings. The summed E-state index contributed by atoms with van der Waals surface area (Å²) in [6.07, 6.45) is 1.78. The lowest BCUT2D eigenvalue weighted by atomic mass is 9.93. The first-order chi connectivity index (χ1) is 18.3. The maximum atomic E-state index is 11.8. The Hall–Kier alpha value is -2.07. The van der Waals surface area contributed by atoms with Crippen molar-refractivity contribution >= 4 is 18.4 Å². The maximum Gasteiger partial charge on any atom is 0.519 e. The second-order valence-corrected chi connectivity index (χ2v) is 14.0. The summed E-state index contributed by atoms with van der Waals surface area (Å²) in [5, 5.41) is 6.81. The Balaban J connectivity index is 0. The lowest BCUT2D eigenvalue weighted by molar-refractivity contribution is -0.0294. The monoisotopic (exact) mass is 576 g/mol. The second kappa shape index (κ2) is 17.0. The van der Waals surface area contributed by atoms with Gasteiger partial charge in [0.05, 0.1) is 0 Å². The van der Waals surface area contributed by atoms with Gasteiger partial charge in [0.1, 0.15) is 16.8 Å². The van der Waals surface area contributed by atoms with Crippen molar-refractivity contribution in [2.24, 2.45) is 0 Å². The van der Waals surface area contributed by atoms with Crippen LogP contribution in [0.5, 0.6) is 0 Å². The molecule has 2 aliphatic rings. The molecule has 0 saturated carbocycles. The summed E-state index contributed by atoms with van der Waals surface area (Å²) in [4.78, 5) is 35.6. The van der Waals surface area contributed by atoms with Crippen LogP contribution < -0.4 is 10.6 Å². The number of carbonyl (C=O) groups excluding carboxylic acids is 3. The molecule has 0 unspecified atom stereocenters. The van der Waals surface area contributed by atoms with Crippen molar-refractivity contribution in [1.29, 1.82) is 0 Å². The smallest absolute Gasteiger partial charge is 0.444 e. The van der Waals surface area contributed by atoms with E-state index in [9.17, 15) is 14.4 Å². The standard InChI is InChI=1S/C11H22N2O2.C10H18O5.C7H15N.C2H6/c1-10(2,3)15-9(14)13-7-6-12-11(4,5)8-13;1-9(2,3)14-7(11)13-8(12)15-10(4,5)6;1-7(2)5-3-4-6-8-7;1-2/h12H,6-8H2,1-5H3;1-6H3;8H,3-6H2,1-2H3;1-2H3/i;;;1D. The molecule has 0 aliphatic carbocycles. The Morgan fingerprint density at radius 1 is 0.725 bits per heavy atom. The SMILES string of the molecule is CC(C)(C)OC(=O)OC(=O)OC(C)(C)C.CC1(C)CCCCN1.CC1(C)CN(C(=O)OC(C)(C)C)CCN1.[2H]CC. The number of nitrogens with one attached hydrogen (secondary N) is 2. The molecule has 0 radical (unpaired) electrons. The molecule has 0 spiro atoms. The first-order valence-electron chi connectivity index (χ1n) is 14.9. The van der Waals surface area contributed by atoms with Crippen LogP contribution in [-0.4, -0.2) is 77.4 Å². The minimum Gasteiger partial charge on any atom is -0.444 e. The van der Waals surface area contributed by atoms with Crippen LogP contribution in [0.3, 0.4) is 0 Å². The molecule has 0 aromatic heterocycles. The molecule has 2 aliphatic heterocycles. The van der Waals surface area contributed by atoms with Crippen molar-refractivity contribution in [3.63, 3.8) is 0 Å². The summed E-state index contributed by atoms with van der Waals surface area (Å²) in [6, 6.07) is 0. The van der Waals surface area contributed by atoms with E-state index < -0.39 is 29.1 Å². The first-order valence-corrected chi connectivity index (χ1v) is 14.2. The molecule has 2 heterocycles. The Labute approximate surface area is 246 Å². The molecule has 0 aromatic carbocycles. The van der Waals surface area contributed by atoms with Crippen molar-refractivity contribution in [1.82, 2.24) is 15.5 Å². The third-order valence-electron chi connectivity index (χ3n) is 5.00. The molecule has 10 nitrogen and oxygen atoms in total. The van der Waals surface area contributed by atoms with E-state index in [-0.39, 0.29) is 11.6 Å². The molecule has 10 heteroatoms. The fraction of sp³-hybridized carbons (Fsp3) is 0.900. The molecule has 2 rings (SSSR count). The van der Waals surface area contributed by atoms with Crippen LogP contribution in [0.4, 0.5) is 14.4 Å². The van der Waals surface area contributed by atoms with E-state index in [2.05, 4.69) is 43.1 Å². The van der Waals surface area contributed by atoms with Gasteiger partial charge in [0.15, 0.2) is 0 Å². The van der Waals surface area contributed by atoms with Crippen LogP contribution in [0.2, 0.25) is 0 Å². The van der Waals surface area contributed by atoms with Gasteiger partial charge in [-0.3, -0.25) is 0 Å². The number of nitrogens with zero attached hydrogens (tertiary/aromatic N) is 1. The summed E-state index contributed by atoms with van der Waals surface area (Å²) in [5.41, 5.74) is -1.39. The van der Waals surface area contributed by atoms with Crippen LogP contribution in [0.1, 0.15) is 124 Å². The van der Waals surface area contributed by atoms with Crippen LogP contribution in [0, 0.1) is 0 Å². The molecule has 0 atom stereocenters. The van der Waals surface area contributed by atoms with Gasteiger partial charge < -0.3 is 34.5 Å². The summed E-state index contributed by atoms with van der Waals surface area (Å²) < 4.78 is 25.3.